The molecular weight excluding hydrogens is 1170 g/mol. The third-order valence-electron chi connectivity index (χ3n) is 18.0. The Balaban J connectivity index is 0.885. The lowest BCUT2D eigenvalue weighted by Gasteiger charge is -2.21. The third kappa shape index (κ3) is 8.16. The van der Waals surface area contributed by atoms with E-state index in [0.29, 0.717) is 0 Å². The van der Waals surface area contributed by atoms with E-state index in [9.17, 15) is 0 Å². The van der Waals surface area contributed by atoms with Crippen LogP contribution in [-0.2, 0) is 0 Å². The van der Waals surface area contributed by atoms with Gasteiger partial charge in [0.05, 0.1) is 40.9 Å². The molecule has 90 heavy (non-hydrogen) atoms. The van der Waals surface area contributed by atoms with Gasteiger partial charge in [-0.15, -0.1) is 45.3 Å². The zero-order valence-electron chi connectivity index (χ0n) is 48.0. The standard InChI is InChI=1S/C82H46N4S4/c1-3-19-47(20-4-1)49-35-39-57-61(43-49)75(79-83-65-27-11-15-31-69(65)87-79)59-41-37-51(45-63(59)77(57)81-85-67-29-13-17-33-71(67)89-81)73-53-23-7-9-25-55(53)74(56-26-10-8-24-54(56)73)52-38-42-60-64(46-52)78(82-86-68-30-14-18-34-72(68)90-82)58-40-36-50(48-21-5-2-6-22-48)44-62(58)76(60)80-84-66-28-12-16-32-70(66)88-80/h1-46H. The van der Waals surface area contributed by atoms with E-state index >= 15 is 0 Å². The number of fused-ring (bicyclic) bond motifs is 10. The molecular formula is C82H46N4S4. The summed E-state index contributed by atoms with van der Waals surface area (Å²) in [5.74, 6) is 0. The lowest BCUT2D eigenvalue weighted by molar-refractivity contribution is 1.49. The SMILES string of the molecule is c1ccc(-c2ccc3c(-c4nc5ccccc5s4)c4cc(-c5c6ccccc6c(-c6ccc7c(-c8nc9ccccc9s8)c8cc(-c9ccccc9)ccc8c(-c8nc9ccccc9s8)c7c6)c6ccccc56)ccc4c(-c4nc5ccccc5s4)c3c2)cc1. The topological polar surface area (TPSA) is 51.6 Å². The van der Waals surface area contributed by atoms with Gasteiger partial charge in [-0.2, -0.15) is 0 Å². The average molecular weight is 1220 g/mol. The van der Waals surface area contributed by atoms with Crippen LogP contribution in [0.2, 0.25) is 0 Å². The Kier molecular flexibility index (Phi) is 11.7. The van der Waals surface area contributed by atoms with E-state index in [2.05, 4.69) is 279 Å². The van der Waals surface area contributed by atoms with Crippen LogP contribution in [-0.4, -0.2) is 19.9 Å². The van der Waals surface area contributed by atoms with Gasteiger partial charge in [-0.05, 0) is 182 Å². The van der Waals surface area contributed by atoms with Crippen molar-refractivity contribution in [1.29, 1.82) is 0 Å². The molecule has 0 spiro atoms. The molecule has 19 aromatic rings. The van der Waals surface area contributed by atoms with Crippen LogP contribution in [0, 0.1) is 0 Å². The molecule has 4 heterocycles. The first-order valence-electron chi connectivity index (χ1n) is 30.2. The summed E-state index contributed by atoms with van der Waals surface area (Å²) in [5, 5.41) is 17.9. The molecule has 19 rings (SSSR count). The van der Waals surface area contributed by atoms with Crippen molar-refractivity contribution in [2.45, 2.75) is 0 Å². The first-order valence-corrected chi connectivity index (χ1v) is 33.4. The molecule has 0 atom stereocenters. The van der Waals surface area contributed by atoms with Crippen molar-refractivity contribution in [3.63, 3.8) is 0 Å². The predicted octanol–water partition coefficient (Wildman–Crippen LogP) is 24.4. The molecule has 15 aromatic carbocycles. The van der Waals surface area contributed by atoms with Gasteiger partial charge in [-0.3, -0.25) is 0 Å². The second-order valence-corrected chi connectivity index (χ2v) is 27.2. The van der Waals surface area contributed by atoms with Gasteiger partial charge in [-0.1, -0.05) is 206 Å². The van der Waals surface area contributed by atoms with Crippen LogP contribution in [0.3, 0.4) is 0 Å². The van der Waals surface area contributed by atoms with Crippen LogP contribution >= 0.6 is 45.3 Å². The summed E-state index contributed by atoms with van der Waals surface area (Å²) < 4.78 is 4.65. The normalized spacial score (nSPS) is 12.0. The maximum absolute atomic E-state index is 5.47. The Bertz CT molecular complexity index is 5610. The molecule has 418 valence electrons. The highest BCUT2D eigenvalue weighted by molar-refractivity contribution is 7.23. The van der Waals surface area contributed by atoms with Crippen LogP contribution in [0.1, 0.15) is 0 Å². The number of benzene rings is 15. The van der Waals surface area contributed by atoms with Gasteiger partial charge in [0.25, 0.3) is 0 Å². The average Bonchev–Trinajstić information content (AvgIpc) is 0.946. The molecule has 0 bridgehead atoms. The molecule has 4 nitrogen and oxygen atoms in total. The highest BCUT2D eigenvalue weighted by Gasteiger charge is 2.27. The van der Waals surface area contributed by atoms with Gasteiger partial charge in [-0.25, -0.2) is 19.9 Å². The van der Waals surface area contributed by atoms with Gasteiger partial charge in [0.2, 0.25) is 0 Å². The van der Waals surface area contributed by atoms with Crippen molar-refractivity contribution in [2.24, 2.45) is 0 Å². The van der Waals surface area contributed by atoms with E-state index in [1.165, 1.54) is 43.8 Å². The minimum atomic E-state index is 0.994. The monoisotopic (exact) mass is 1210 g/mol. The van der Waals surface area contributed by atoms with Gasteiger partial charge >= 0.3 is 0 Å². The molecule has 0 unspecified atom stereocenters. The Morgan fingerprint density at radius 1 is 0.167 bits per heavy atom. The fourth-order valence-electron chi connectivity index (χ4n) is 14.0. The Labute approximate surface area is 532 Å². The van der Waals surface area contributed by atoms with E-state index < -0.39 is 0 Å². The van der Waals surface area contributed by atoms with Crippen molar-refractivity contribution in [3.05, 3.63) is 279 Å². The molecule has 0 N–H and O–H groups in total. The third-order valence-corrected chi connectivity index (χ3v) is 22.2. The van der Waals surface area contributed by atoms with Crippen LogP contribution < -0.4 is 0 Å². The van der Waals surface area contributed by atoms with Crippen LogP contribution in [0.5, 0.6) is 0 Å². The number of rotatable bonds is 8. The number of hydrogen-bond donors (Lipinski definition) is 0. The maximum Gasteiger partial charge on any atom is 0.125 e. The largest absolute Gasteiger partial charge is 0.236 e. The van der Waals surface area contributed by atoms with E-state index in [1.807, 2.05) is 0 Å². The number of nitrogens with zero attached hydrogens (tertiary/aromatic N) is 4. The molecule has 0 saturated heterocycles. The van der Waals surface area contributed by atoms with Crippen molar-refractivity contribution < 1.29 is 0 Å². The maximum atomic E-state index is 5.47. The first kappa shape index (κ1) is 51.5. The van der Waals surface area contributed by atoms with E-state index in [4.69, 9.17) is 19.9 Å². The fourth-order valence-corrected chi connectivity index (χ4v) is 18.1. The summed E-state index contributed by atoms with van der Waals surface area (Å²) in [5.41, 5.74) is 17.9. The Hall–Kier alpha value is -10.6. The summed E-state index contributed by atoms with van der Waals surface area (Å²) in [4.78, 5) is 21.8. The molecule has 0 amide bonds. The number of para-hydroxylation sites is 4. The fraction of sp³-hybridized carbons (Fsp3) is 0. The highest BCUT2D eigenvalue weighted by atomic mass is 32.1. The zero-order chi connectivity index (χ0) is 59.0. The number of thiazole rings is 4. The van der Waals surface area contributed by atoms with E-state index in [1.54, 1.807) is 45.3 Å². The summed E-state index contributed by atoms with van der Waals surface area (Å²) >= 11 is 7.05. The molecule has 4 aromatic heterocycles. The lowest BCUT2D eigenvalue weighted by atomic mass is 9.83. The molecule has 0 aliphatic rings. The summed E-state index contributed by atoms with van der Waals surface area (Å²) in [6, 6.07) is 102. The van der Waals surface area contributed by atoms with Crippen molar-refractivity contribution >= 4 is 151 Å². The van der Waals surface area contributed by atoms with Crippen LogP contribution in [0.4, 0.5) is 0 Å². The summed E-state index contributed by atoms with van der Waals surface area (Å²) in [6.45, 7) is 0. The molecule has 0 saturated carbocycles. The highest BCUT2D eigenvalue weighted by Crippen LogP contribution is 2.53. The summed E-state index contributed by atoms with van der Waals surface area (Å²) in [7, 11) is 0. The molecule has 0 radical (unpaired) electrons. The van der Waals surface area contributed by atoms with E-state index in [-0.39, 0.29) is 0 Å². The second-order valence-electron chi connectivity index (χ2n) is 23.1. The summed E-state index contributed by atoms with van der Waals surface area (Å²) in [6.07, 6.45) is 0. The van der Waals surface area contributed by atoms with Gasteiger partial charge in [0, 0.05) is 22.3 Å². The van der Waals surface area contributed by atoms with Gasteiger partial charge in [0.15, 0.2) is 0 Å². The molecule has 0 fully saturated rings. The van der Waals surface area contributed by atoms with Crippen LogP contribution in [0.15, 0.2) is 279 Å². The van der Waals surface area contributed by atoms with Crippen molar-refractivity contribution in [3.8, 4) is 86.8 Å². The Morgan fingerprint density at radius 2 is 0.400 bits per heavy atom. The second kappa shape index (κ2) is 20.5. The minimum absolute atomic E-state index is 0.994. The quantitative estimate of drug-likeness (QED) is 0.142. The van der Waals surface area contributed by atoms with Gasteiger partial charge in [0.1, 0.15) is 20.0 Å². The first-order chi connectivity index (χ1) is 44.6. The number of aromatic nitrogens is 4. The molecule has 0 aliphatic heterocycles. The zero-order valence-corrected chi connectivity index (χ0v) is 51.2. The smallest absolute Gasteiger partial charge is 0.125 e. The predicted molar refractivity (Wildman–Crippen MR) is 388 cm³/mol. The van der Waals surface area contributed by atoms with Crippen molar-refractivity contribution in [2.75, 3.05) is 0 Å². The van der Waals surface area contributed by atoms with Crippen LogP contribution in [0.25, 0.3) is 192 Å². The molecule has 8 heteroatoms. The minimum Gasteiger partial charge on any atom is -0.236 e. The molecule has 0 aliphatic carbocycles. The van der Waals surface area contributed by atoms with Crippen molar-refractivity contribution in [1.82, 2.24) is 19.9 Å². The lowest BCUT2D eigenvalue weighted by Crippen LogP contribution is -1.94. The van der Waals surface area contributed by atoms with Gasteiger partial charge < -0.3 is 0 Å². The Morgan fingerprint density at radius 3 is 0.689 bits per heavy atom. The number of hydrogen-bond acceptors (Lipinski definition) is 8. The van der Waals surface area contributed by atoms with E-state index in [0.717, 1.165) is 148 Å².